The van der Waals surface area contributed by atoms with Crippen LogP contribution in [0.3, 0.4) is 0 Å². The standard InChI is InChI=1S/C10H19N/c1-3-8-11(9-4-2)10-6-5-7-10/h6H,3-5,7-9H2,1-2H3. The predicted molar refractivity (Wildman–Crippen MR) is 49.5 cm³/mol. The zero-order valence-corrected chi connectivity index (χ0v) is 7.77. The van der Waals surface area contributed by atoms with Crippen molar-refractivity contribution in [1.29, 1.82) is 0 Å². The van der Waals surface area contributed by atoms with Crippen LogP contribution < -0.4 is 0 Å². The maximum absolute atomic E-state index is 2.53. The summed E-state index contributed by atoms with van der Waals surface area (Å²) in [7, 11) is 0. The van der Waals surface area contributed by atoms with Crippen LogP contribution in [0.15, 0.2) is 11.8 Å². The minimum Gasteiger partial charge on any atom is -0.375 e. The number of hydrogen-bond acceptors (Lipinski definition) is 1. The number of nitrogens with zero attached hydrogens (tertiary/aromatic N) is 1. The van der Waals surface area contributed by atoms with Gasteiger partial charge in [0, 0.05) is 18.8 Å². The van der Waals surface area contributed by atoms with E-state index in [2.05, 4.69) is 24.8 Å². The molecule has 0 amide bonds. The molecule has 0 radical (unpaired) electrons. The Morgan fingerprint density at radius 2 is 1.82 bits per heavy atom. The molecule has 0 saturated heterocycles. The van der Waals surface area contributed by atoms with Gasteiger partial charge in [0.15, 0.2) is 0 Å². The molecule has 0 N–H and O–H groups in total. The smallest absolute Gasteiger partial charge is 0.0172 e. The fourth-order valence-electron chi connectivity index (χ4n) is 1.50. The van der Waals surface area contributed by atoms with Crippen LogP contribution >= 0.6 is 0 Å². The summed E-state index contributed by atoms with van der Waals surface area (Å²) in [6.45, 7) is 7.00. The fourth-order valence-corrected chi connectivity index (χ4v) is 1.50. The van der Waals surface area contributed by atoms with E-state index in [-0.39, 0.29) is 0 Å². The highest BCUT2D eigenvalue weighted by Gasteiger charge is 2.11. The number of hydrogen-bond donors (Lipinski definition) is 0. The molecule has 1 aliphatic carbocycles. The van der Waals surface area contributed by atoms with Gasteiger partial charge < -0.3 is 4.90 Å². The highest BCUT2D eigenvalue weighted by Crippen LogP contribution is 2.22. The molecule has 1 aliphatic rings. The molecule has 0 fully saturated rings. The second-order valence-corrected chi connectivity index (χ2v) is 3.22. The third-order valence-electron chi connectivity index (χ3n) is 2.17. The fraction of sp³-hybridized carbons (Fsp3) is 0.800. The van der Waals surface area contributed by atoms with Gasteiger partial charge in [-0.15, -0.1) is 0 Å². The maximum atomic E-state index is 2.53. The first-order valence-electron chi connectivity index (χ1n) is 4.82. The summed E-state index contributed by atoms with van der Waals surface area (Å²) in [5.74, 6) is 0. The van der Waals surface area contributed by atoms with E-state index < -0.39 is 0 Å². The van der Waals surface area contributed by atoms with Gasteiger partial charge in [-0.2, -0.15) is 0 Å². The van der Waals surface area contributed by atoms with Crippen molar-refractivity contribution in [3.63, 3.8) is 0 Å². The van der Waals surface area contributed by atoms with E-state index >= 15 is 0 Å². The van der Waals surface area contributed by atoms with Crippen molar-refractivity contribution in [3.8, 4) is 0 Å². The number of rotatable bonds is 5. The van der Waals surface area contributed by atoms with E-state index in [4.69, 9.17) is 0 Å². The van der Waals surface area contributed by atoms with Gasteiger partial charge in [-0.25, -0.2) is 0 Å². The second-order valence-electron chi connectivity index (χ2n) is 3.22. The van der Waals surface area contributed by atoms with Crippen molar-refractivity contribution in [2.24, 2.45) is 0 Å². The SMILES string of the molecule is CCCN(CCC)C1=CCC1. The molecule has 64 valence electrons. The van der Waals surface area contributed by atoms with E-state index in [1.165, 1.54) is 38.8 Å². The monoisotopic (exact) mass is 153 g/mol. The Kier molecular flexibility index (Phi) is 3.47. The first kappa shape index (κ1) is 8.63. The van der Waals surface area contributed by atoms with Crippen molar-refractivity contribution in [1.82, 2.24) is 4.90 Å². The molecule has 11 heavy (non-hydrogen) atoms. The lowest BCUT2D eigenvalue weighted by Gasteiger charge is -2.30. The minimum atomic E-state index is 1.25. The van der Waals surface area contributed by atoms with Crippen LogP contribution in [0.25, 0.3) is 0 Å². The highest BCUT2D eigenvalue weighted by molar-refractivity contribution is 5.10. The quantitative estimate of drug-likeness (QED) is 0.587. The topological polar surface area (TPSA) is 3.24 Å². The van der Waals surface area contributed by atoms with Gasteiger partial charge >= 0.3 is 0 Å². The normalized spacial score (nSPS) is 15.6. The van der Waals surface area contributed by atoms with Crippen LogP contribution in [-0.2, 0) is 0 Å². The van der Waals surface area contributed by atoms with Gasteiger partial charge in [0.2, 0.25) is 0 Å². The average molecular weight is 153 g/mol. The Morgan fingerprint density at radius 3 is 2.09 bits per heavy atom. The molecule has 0 saturated carbocycles. The Labute approximate surface area is 70.1 Å². The summed E-state index contributed by atoms with van der Waals surface area (Å²) in [6.07, 6.45) is 7.54. The molecule has 0 aromatic carbocycles. The van der Waals surface area contributed by atoms with Crippen molar-refractivity contribution in [3.05, 3.63) is 11.8 Å². The van der Waals surface area contributed by atoms with Crippen molar-refractivity contribution >= 4 is 0 Å². The molecule has 0 atom stereocenters. The Bertz CT molecular complexity index is 132. The summed E-state index contributed by atoms with van der Waals surface area (Å²) in [5.41, 5.74) is 1.59. The summed E-state index contributed by atoms with van der Waals surface area (Å²) >= 11 is 0. The lowest BCUT2D eigenvalue weighted by molar-refractivity contribution is 0.319. The van der Waals surface area contributed by atoms with Crippen LogP contribution in [0.1, 0.15) is 39.5 Å². The molecule has 0 unspecified atom stereocenters. The van der Waals surface area contributed by atoms with Gasteiger partial charge in [-0.05, 0) is 25.7 Å². The lowest BCUT2D eigenvalue weighted by Crippen LogP contribution is -2.27. The van der Waals surface area contributed by atoms with Gasteiger partial charge in [0.25, 0.3) is 0 Å². The molecule has 0 aromatic heterocycles. The van der Waals surface area contributed by atoms with Crippen LogP contribution in [0.5, 0.6) is 0 Å². The van der Waals surface area contributed by atoms with Crippen molar-refractivity contribution in [2.75, 3.05) is 13.1 Å². The molecule has 0 aromatic rings. The Hall–Kier alpha value is -0.460. The second kappa shape index (κ2) is 4.42. The largest absolute Gasteiger partial charge is 0.375 e. The summed E-state index contributed by atoms with van der Waals surface area (Å²) in [4.78, 5) is 2.53. The first-order valence-corrected chi connectivity index (χ1v) is 4.82. The third kappa shape index (κ3) is 2.25. The van der Waals surface area contributed by atoms with Gasteiger partial charge in [0.1, 0.15) is 0 Å². The number of allylic oxidation sites excluding steroid dienone is 2. The van der Waals surface area contributed by atoms with Crippen molar-refractivity contribution in [2.45, 2.75) is 39.5 Å². The molecular weight excluding hydrogens is 134 g/mol. The minimum absolute atomic E-state index is 1.25. The van der Waals surface area contributed by atoms with Crippen LogP contribution in [0, 0.1) is 0 Å². The van der Waals surface area contributed by atoms with Gasteiger partial charge in [-0.1, -0.05) is 19.9 Å². The molecule has 0 spiro atoms. The zero-order valence-electron chi connectivity index (χ0n) is 7.77. The van der Waals surface area contributed by atoms with Crippen LogP contribution in [-0.4, -0.2) is 18.0 Å². The maximum Gasteiger partial charge on any atom is 0.0172 e. The van der Waals surface area contributed by atoms with Crippen molar-refractivity contribution < 1.29 is 0 Å². The molecule has 0 aliphatic heterocycles. The summed E-state index contributed by atoms with van der Waals surface area (Å²) < 4.78 is 0. The summed E-state index contributed by atoms with van der Waals surface area (Å²) in [6, 6.07) is 0. The zero-order chi connectivity index (χ0) is 8.10. The predicted octanol–water partition coefficient (Wildman–Crippen LogP) is 2.79. The van der Waals surface area contributed by atoms with E-state index in [9.17, 15) is 0 Å². The molecule has 1 heteroatoms. The molecular formula is C10H19N. The Morgan fingerprint density at radius 1 is 1.27 bits per heavy atom. The van der Waals surface area contributed by atoms with E-state index in [1.807, 2.05) is 0 Å². The first-order chi connectivity index (χ1) is 5.38. The molecule has 0 heterocycles. The van der Waals surface area contributed by atoms with E-state index in [0.29, 0.717) is 0 Å². The van der Waals surface area contributed by atoms with E-state index in [1.54, 1.807) is 5.70 Å². The highest BCUT2D eigenvalue weighted by atomic mass is 15.1. The van der Waals surface area contributed by atoms with Gasteiger partial charge in [0.05, 0.1) is 0 Å². The van der Waals surface area contributed by atoms with Gasteiger partial charge in [-0.3, -0.25) is 0 Å². The average Bonchev–Trinajstić information content (AvgIpc) is 1.85. The molecule has 1 rings (SSSR count). The molecule has 0 bridgehead atoms. The van der Waals surface area contributed by atoms with Crippen LogP contribution in [0.2, 0.25) is 0 Å². The summed E-state index contributed by atoms with van der Waals surface area (Å²) in [5, 5.41) is 0. The Balaban J connectivity index is 2.31. The van der Waals surface area contributed by atoms with Crippen LogP contribution in [0.4, 0.5) is 0 Å². The lowest BCUT2D eigenvalue weighted by atomic mass is 10.0. The molecule has 1 nitrogen and oxygen atoms in total. The van der Waals surface area contributed by atoms with E-state index in [0.717, 1.165) is 0 Å². The third-order valence-corrected chi connectivity index (χ3v) is 2.17.